The predicted molar refractivity (Wildman–Crippen MR) is 117 cm³/mol. The van der Waals surface area contributed by atoms with Crippen molar-refractivity contribution >= 4 is 23.8 Å². The quantitative estimate of drug-likeness (QED) is 0.337. The molecule has 0 aliphatic heterocycles. The van der Waals surface area contributed by atoms with E-state index in [0.29, 0.717) is 16.5 Å². The molecule has 0 amide bonds. The van der Waals surface area contributed by atoms with E-state index in [4.69, 9.17) is 11.6 Å². The number of aromatic hydroxyl groups is 1. The molecular formula is C23H17ClN4O. The summed E-state index contributed by atoms with van der Waals surface area (Å²) in [6, 6.07) is 26.5. The lowest BCUT2D eigenvalue weighted by Crippen LogP contribution is -2.00. The molecule has 4 aromatic rings. The SMILES string of the molecule is Oc1ccc(Cl)cc1/C=N/Nc1nc(-c2ccccc2)cc(-c2ccccc2)n1. The highest BCUT2D eigenvalue weighted by Gasteiger charge is 2.08. The van der Waals surface area contributed by atoms with E-state index in [0.717, 1.165) is 22.5 Å². The van der Waals surface area contributed by atoms with Gasteiger partial charge in [0.1, 0.15) is 5.75 Å². The van der Waals surface area contributed by atoms with Gasteiger partial charge in [0, 0.05) is 21.7 Å². The molecule has 0 unspecified atom stereocenters. The Balaban J connectivity index is 1.68. The van der Waals surface area contributed by atoms with Crippen LogP contribution in [0.4, 0.5) is 5.95 Å². The summed E-state index contributed by atoms with van der Waals surface area (Å²) in [5.74, 6) is 0.437. The van der Waals surface area contributed by atoms with Crippen LogP contribution in [0, 0.1) is 0 Å². The minimum Gasteiger partial charge on any atom is -0.507 e. The second-order valence-electron chi connectivity index (χ2n) is 6.27. The van der Waals surface area contributed by atoms with Gasteiger partial charge >= 0.3 is 0 Å². The summed E-state index contributed by atoms with van der Waals surface area (Å²) in [6.45, 7) is 0. The molecule has 0 aliphatic carbocycles. The fourth-order valence-corrected chi connectivity index (χ4v) is 2.98. The third kappa shape index (κ3) is 4.59. The van der Waals surface area contributed by atoms with E-state index >= 15 is 0 Å². The molecule has 3 aromatic carbocycles. The molecule has 2 N–H and O–H groups in total. The van der Waals surface area contributed by atoms with Crippen LogP contribution < -0.4 is 5.43 Å². The number of phenolic OH excluding ortho intramolecular Hbond substituents is 1. The number of nitrogens with one attached hydrogen (secondary N) is 1. The number of hydrogen-bond donors (Lipinski definition) is 2. The highest BCUT2D eigenvalue weighted by molar-refractivity contribution is 6.30. The van der Waals surface area contributed by atoms with Crippen LogP contribution in [-0.4, -0.2) is 21.3 Å². The van der Waals surface area contributed by atoms with Crippen LogP contribution in [0.1, 0.15) is 5.56 Å². The highest BCUT2D eigenvalue weighted by Crippen LogP contribution is 2.25. The first-order chi connectivity index (χ1) is 14.2. The number of phenols is 1. The molecule has 142 valence electrons. The van der Waals surface area contributed by atoms with Gasteiger partial charge in [-0.3, -0.25) is 0 Å². The molecule has 5 nitrogen and oxygen atoms in total. The Kier molecular flexibility index (Phi) is 5.49. The van der Waals surface area contributed by atoms with Crippen molar-refractivity contribution in [2.24, 2.45) is 5.10 Å². The van der Waals surface area contributed by atoms with Gasteiger partial charge in [0.2, 0.25) is 5.95 Å². The second kappa shape index (κ2) is 8.54. The van der Waals surface area contributed by atoms with Crippen molar-refractivity contribution < 1.29 is 5.11 Å². The molecule has 29 heavy (non-hydrogen) atoms. The van der Waals surface area contributed by atoms with Crippen molar-refractivity contribution in [1.82, 2.24) is 9.97 Å². The lowest BCUT2D eigenvalue weighted by molar-refractivity contribution is 0.474. The molecule has 0 saturated heterocycles. The lowest BCUT2D eigenvalue weighted by atomic mass is 10.1. The standard InChI is InChI=1S/C23H17ClN4O/c24-19-11-12-22(29)18(13-19)15-25-28-23-26-20(16-7-3-1-4-8-16)14-21(27-23)17-9-5-2-6-10-17/h1-15,29H,(H,26,27,28)/b25-15+. The summed E-state index contributed by atoms with van der Waals surface area (Å²) in [4.78, 5) is 9.15. The molecular weight excluding hydrogens is 384 g/mol. The van der Waals surface area contributed by atoms with E-state index in [1.165, 1.54) is 12.3 Å². The minimum atomic E-state index is 0.0869. The van der Waals surface area contributed by atoms with Gasteiger partial charge in [0.15, 0.2) is 0 Å². The Hall–Kier alpha value is -3.70. The van der Waals surface area contributed by atoms with E-state index in [2.05, 4.69) is 20.5 Å². The predicted octanol–water partition coefficient (Wildman–Crippen LogP) is 5.62. The number of halogens is 1. The number of rotatable bonds is 5. The smallest absolute Gasteiger partial charge is 0.244 e. The summed E-state index contributed by atoms with van der Waals surface area (Å²) < 4.78 is 0. The largest absolute Gasteiger partial charge is 0.507 e. The van der Waals surface area contributed by atoms with Crippen LogP contribution in [0.5, 0.6) is 5.75 Å². The zero-order valence-electron chi connectivity index (χ0n) is 15.3. The van der Waals surface area contributed by atoms with Gasteiger partial charge in [0.25, 0.3) is 0 Å². The zero-order chi connectivity index (χ0) is 20.1. The molecule has 0 saturated carbocycles. The molecule has 0 radical (unpaired) electrons. The third-order valence-electron chi connectivity index (χ3n) is 4.22. The van der Waals surface area contributed by atoms with E-state index in [9.17, 15) is 5.11 Å². The molecule has 4 rings (SSSR count). The van der Waals surface area contributed by atoms with Crippen molar-refractivity contribution in [1.29, 1.82) is 0 Å². The topological polar surface area (TPSA) is 70.4 Å². The number of hydrazone groups is 1. The van der Waals surface area contributed by atoms with Gasteiger partial charge in [-0.1, -0.05) is 72.3 Å². The Morgan fingerprint density at radius 3 is 1.97 bits per heavy atom. The van der Waals surface area contributed by atoms with Crippen LogP contribution in [0.2, 0.25) is 5.02 Å². The summed E-state index contributed by atoms with van der Waals surface area (Å²) in [5.41, 5.74) is 6.86. The van der Waals surface area contributed by atoms with Gasteiger partial charge < -0.3 is 5.11 Å². The number of nitrogens with zero attached hydrogens (tertiary/aromatic N) is 3. The molecule has 0 aliphatic rings. The highest BCUT2D eigenvalue weighted by atomic mass is 35.5. The fourth-order valence-electron chi connectivity index (χ4n) is 2.80. The maximum atomic E-state index is 9.91. The number of benzene rings is 3. The lowest BCUT2D eigenvalue weighted by Gasteiger charge is -2.08. The first-order valence-electron chi connectivity index (χ1n) is 8.96. The average molecular weight is 401 g/mol. The van der Waals surface area contributed by atoms with Gasteiger partial charge in [0.05, 0.1) is 17.6 Å². The molecule has 0 atom stereocenters. The molecule has 1 aromatic heterocycles. The van der Waals surface area contributed by atoms with Gasteiger partial charge in [-0.05, 0) is 24.3 Å². The summed E-state index contributed by atoms with van der Waals surface area (Å²) in [5, 5.41) is 14.6. The molecule has 6 heteroatoms. The third-order valence-corrected chi connectivity index (χ3v) is 4.46. The Labute approximate surface area is 173 Å². The number of hydrogen-bond acceptors (Lipinski definition) is 5. The zero-order valence-corrected chi connectivity index (χ0v) is 16.1. The maximum Gasteiger partial charge on any atom is 0.244 e. The van der Waals surface area contributed by atoms with Crippen molar-refractivity contribution in [2.75, 3.05) is 5.43 Å². The number of aromatic nitrogens is 2. The normalized spacial score (nSPS) is 10.9. The Bertz CT molecular complexity index is 1090. The van der Waals surface area contributed by atoms with Gasteiger partial charge in [-0.25, -0.2) is 15.4 Å². The Morgan fingerprint density at radius 2 is 1.38 bits per heavy atom. The van der Waals surface area contributed by atoms with Crippen molar-refractivity contribution in [3.8, 4) is 28.3 Å². The maximum absolute atomic E-state index is 9.91. The van der Waals surface area contributed by atoms with E-state index in [1.807, 2.05) is 66.7 Å². The molecule has 0 fully saturated rings. The second-order valence-corrected chi connectivity index (χ2v) is 6.70. The number of anilines is 1. The van der Waals surface area contributed by atoms with E-state index in [1.54, 1.807) is 12.1 Å². The van der Waals surface area contributed by atoms with Crippen LogP contribution in [0.3, 0.4) is 0 Å². The fraction of sp³-hybridized carbons (Fsp3) is 0. The molecule has 0 spiro atoms. The Morgan fingerprint density at radius 1 is 0.793 bits per heavy atom. The minimum absolute atomic E-state index is 0.0869. The van der Waals surface area contributed by atoms with Crippen LogP contribution >= 0.6 is 11.6 Å². The van der Waals surface area contributed by atoms with Crippen LogP contribution in [-0.2, 0) is 0 Å². The molecule has 1 heterocycles. The monoisotopic (exact) mass is 400 g/mol. The van der Waals surface area contributed by atoms with E-state index in [-0.39, 0.29) is 5.75 Å². The van der Waals surface area contributed by atoms with Crippen molar-refractivity contribution in [3.05, 3.63) is 95.5 Å². The van der Waals surface area contributed by atoms with E-state index < -0.39 is 0 Å². The van der Waals surface area contributed by atoms with Crippen LogP contribution in [0.25, 0.3) is 22.5 Å². The summed E-state index contributed by atoms with van der Waals surface area (Å²) in [7, 11) is 0. The van der Waals surface area contributed by atoms with Gasteiger partial charge in [-0.2, -0.15) is 5.10 Å². The average Bonchev–Trinajstić information content (AvgIpc) is 2.77. The first-order valence-corrected chi connectivity index (χ1v) is 9.34. The van der Waals surface area contributed by atoms with Crippen LogP contribution in [0.15, 0.2) is 90.0 Å². The first kappa shape index (κ1) is 18.7. The summed E-state index contributed by atoms with van der Waals surface area (Å²) in [6.07, 6.45) is 1.47. The summed E-state index contributed by atoms with van der Waals surface area (Å²) >= 11 is 5.97. The molecule has 0 bridgehead atoms. The van der Waals surface area contributed by atoms with Crippen molar-refractivity contribution in [2.45, 2.75) is 0 Å². The van der Waals surface area contributed by atoms with Gasteiger partial charge in [-0.15, -0.1) is 0 Å². The van der Waals surface area contributed by atoms with Crippen molar-refractivity contribution in [3.63, 3.8) is 0 Å².